The molecule has 0 saturated heterocycles. The van der Waals surface area contributed by atoms with Crippen molar-refractivity contribution in [3.05, 3.63) is 58.9 Å². The summed E-state index contributed by atoms with van der Waals surface area (Å²) in [7, 11) is 0. The molecule has 2 heterocycles. The fraction of sp³-hybridized carbons (Fsp3) is 0.333. The predicted octanol–water partition coefficient (Wildman–Crippen LogP) is 2.82. The molecule has 1 aliphatic rings. The number of amides is 1. The third-order valence-electron chi connectivity index (χ3n) is 4.10. The summed E-state index contributed by atoms with van der Waals surface area (Å²) in [5, 5.41) is 6.41. The Hall–Kier alpha value is -2.20. The molecule has 1 aliphatic heterocycles. The second kappa shape index (κ2) is 6.71. The largest absolute Gasteiger partial charge is 0.326 e. The number of anilines is 1. The van der Waals surface area contributed by atoms with Gasteiger partial charge in [0, 0.05) is 37.6 Å². The molecule has 114 valence electrons. The van der Waals surface area contributed by atoms with Crippen LogP contribution < -0.4 is 10.6 Å². The van der Waals surface area contributed by atoms with Crippen molar-refractivity contribution < 1.29 is 4.79 Å². The van der Waals surface area contributed by atoms with Crippen molar-refractivity contribution in [3.63, 3.8) is 0 Å². The number of fused-ring (bicyclic) bond motifs is 1. The summed E-state index contributed by atoms with van der Waals surface area (Å²) in [5.74, 6) is 0.114. The van der Waals surface area contributed by atoms with Gasteiger partial charge >= 0.3 is 0 Å². The first-order valence-electron chi connectivity index (χ1n) is 7.80. The van der Waals surface area contributed by atoms with E-state index in [1.807, 2.05) is 18.5 Å². The van der Waals surface area contributed by atoms with E-state index in [0.29, 0.717) is 6.42 Å². The minimum absolute atomic E-state index is 0.114. The molecule has 0 radical (unpaired) electrons. The molecule has 0 unspecified atom stereocenters. The van der Waals surface area contributed by atoms with E-state index in [0.717, 1.165) is 31.6 Å². The molecule has 2 aromatic rings. The van der Waals surface area contributed by atoms with Gasteiger partial charge in [-0.15, -0.1) is 0 Å². The number of aromatic nitrogens is 1. The molecule has 0 fully saturated rings. The molecule has 1 aromatic carbocycles. The molecule has 2 N–H and O–H groups in total. The Labute approximate surface area is 131 Å². The van der Waals surface area contributed by atoms with Gasteiger partial charge in [0.05, 0.1) is 0 Å². The molecule has 0 spiro atoms. The van der Waals surface area contributed by atoms with Crippen LogP contribution in [0, 0.1) is 0 Å². The maximum absolute atomic E-state index is 11.4. The van der Waals surface area contributed by atoms with Crippen molar-refractivity contribution in [1.29, 1.82) is 0 Å². The van der Waals surface area contributed by atoms with E-state index in [9.17, 15) is 4.79 Å². The van der Waals surface area contributed by atoms with Crippen LogP contribution in [0.4, 0.5) is 5.69 Å². The topological polar surface area (TPSA) is 54.0 Å². The van der Waals surface area contributed by atoms with E-state index >= 15 is 0 Å². The molecular weight excluding hydrogens is 274 g/mol. The molecule has 0 bridgehead atoms. The Bertz CT molecular complexity index is 682. The highest BCUT2D eigenvalue weighted by atomic mass is 16.1. The molecule has 1 aromatic heterocycles. The van der Waals surface area contributed by atoms with E-state index in [1.165, 1.54) is 22.3 Å². The van der Waals surface area contributed by atoms with Gasteiger partial charge in [-0.2, -0.15) is 0 Å². The van der Waals surface area contributed by atoms with Gasteiger partial charge in [-0.3, -0.25) is 9.78 Å². The summed E-state index contributed by atoms with van der Waals surface area (Å²) < 4.78 is 0. The molecule has 4 heteroatoms. The first-order valence-corrected chi connectivity index (χ1v) is 7.80. The highest BCUT2D eigenvalue weighted by Gasteiger charge is 2.14. The number of hydrogen-bond acceptors (Lipinski definition) is 3. The summed E-state index contributed by atoms with van der Waals surface area (Å²) in [6, 6.07) is 8.35. The lowest BCUT2D eigenvalue weighted by atomic mass is 10.0. The van der Waals surface area contributed by atoms with Crippen molar-refractivity contribution in [1.82, 2.24) is 10.3 Å². The van der Waals surface area contributed by atoms with Gasteiger partial charge in [0.15, 0.2) is 0 Å². The number of hydrogen-bond donors (Lipinski definition) is 2. The quantitative estimate of drug-likeness (QED) is 0.892. The zero-order valence-corrected chi connectivity index (χ0v) is 12.9. The Morgan fingerprint density at radius 1 is 1.18 bits per heavy atom. The second-order valence-corrected chi connectivity index (χ2v) is 5.64. The zero-order chi connectivity index (χ0) is 15.4. The van der Waals surface area contributed by atoms with Gasteiger partial charge in [0.25, 0.3) is 0 Å². The highest BCUT2D eigenvalue weighted by molar-refractivity contribution is 5.93. The lowest BCUT2D eigenvalue weighted by Gasteiger charge is -2.17. The Kier molecular flexibility index (Phi) is 4.49. The molecule has 0 atom stereocenters. The second-order valence-electron chi connectivity index (χ2n) is 5.64. The molecule has 22 heavy (non-hydrogen) atoms. The average Bonchev–Trinajstić information content (AvgIpc) is 2.55. The summed E-state index contributed by atoms with van der Waals surface area (Å²) >= 11 is 0. The number of carbonyl (C=O) groups is 1. The van der Waals surface area contributed by atoms with Crippen molar-refractivity contribution in [3.8, 4) is 0 Å². The van der Waals surface area contributed by atoms with Crippen LogP contribution in [0.5, 0.6) is 0 Å². The fourth-order valence-electron chi connectivity index (χ4n) is 2.83. The van der Waals surface area contributed by atoms with Crippen LogP contribution >= 0.6 is 0 Å². The molecule has 0 aliphatic carbocycles. The molecular formula is C18H21N3O. The normalized spacial score (nSPS) is 13.6. The number of pyridine rings is 1. The van der Waals surface area contributed by atoms with E-state index < -0.39 is 0 Å². The summed E-state index contributed by atoms with van der Waals surface area (Å²) in [4.78, 5) is 15.5. The number of benzene rings is 1. The van der Waals surface area contributed by atoms with E-state index in [2.05, 4.69) is 40.7 Å². The first-order chi connectivity index (χ1) is 10.8. The van der Waals surface area contributed by atoms with Crippen LogP contribution in [0.3, 0.4) is 0 Å². The fourth-order valence-corrected chi connectivity index (χ4v) is 2.83. The van der Waals surface area contributed by atoms with Crippen LogP contribution in [0.1, 0.15) is 35.6 Å². The van der Waals surface area contributed by atoms with Crippen LogP contribution in [-0.2, 0) is 30.7 Å². The Morgan fingerprint density at radius 2 is 2.09 bits per heavy atom. The number of aryl methyl sites for hydroxylation is 2. The standard InChI is InChI=1S/C18H21N3O/c1-2-14-11-19-8-7-16(14)12-20-10-13-3-5-17-15(9-13)4-6-18(22)21-17/h3,5,7-9,11,20H,2,4,6,10,12H2,1H3,(H,21,22). The first kappa shape index (κ1) is 14.7. The third kappa shape index (κ3) is 3.34. The minimum atomic E-state index is 0.114. The summed E-state index contributed by atoms with van der Waals surface area (Å²) in [6.07, 6.45) is 6.21. The van der Waals surface area contributed by atoms with E-state index in [4.69, 9.17) is 0 Å². The SMILES string of the molecule is CCc1cnccc1CNCc1ccc2c(c1)CCC(=O)N2. The van der Waals surface area contributed by atoms with Crippen molar-refractivity contribution in [2.45, 2.75) is 39.3 Å². The number of carbonyl (C=O) groups excluding carboxylic acids is 1. The monoisotopic (exact) mass is 295 g/mol. The number of nitrogens with one attached hydrogen (secondary N) is 2. The average molecular weight is 295 g/mol. The summed E-state index contributed by atoms with van der Waals surface area (Å²) in [5.41, 5.74) is 6.05. The number of nitrogens with zero attached hydrogens (tertiary/aromatic N) is 1. The minimum Gasteiger partial charge on any atom is -0.326 e. The molecule has 4 nitrogen and oxygen atoms in total. The zero-order valence-electron chi connectivity index (χ0n) is 12.9. The lowest BCUT2D eigenvalue weighted by Crippen LogP contribution is -2.19. The Balaban J connectivity index is 1.61. The van der Waals surface area contributed by atoms with Crippen molar-refractivity contribution in [2.75, 3.05) is 5.32 Å². The lowest BCUT2D eigenvalue weighted by molar-refractivity contribution is -0.116. The van der Waals surface area contributed by atoms with Gasteiger partial charge in [0.2, 0.25) is 5.91 Å². The van der Waals surface area contributed by atoms with Crippen LogP contribution in [0.15, 0.2) is 36.7 Å². The highest BCUT2D eigenvalue weighted by Crippen LogP contribution is 2.23. The maximum atomic E-state index is 11.4. The van der Waals surface area contributed by atoms with Crippen molar-refractivity contribution in [2.24, 2.45) is 0 Å². The van der Waals surface area contributed by atoms with Gasteiger partial charge < -0.3 is 10.6 Å². The maximum Gasteiger partial charge on any atom is 0.224 e. The van der Waals surface area contributed by atoms with E-state index in [1.54, 1.807) is 0 Å². The third-order valence-corrected chi connectivity index (χ3v) is 4.10. The van der Waals surface area contributed by atoms with Gasteiger partial charge in [-0.25, -0.2) is 0 Å². The summed E-state index contributed by atoms with van der Waals surface area (Å²) in [6.45, 7) is 3.82. The van der Waals surface area contributed by atoms with Gasteiger partial charge in [-0.05, 0) is 47.2 Å². The Morgan fingerprint density at radius 3 is 2.95 bits per heavy atom. The van der Waals surface area contributed by atoms with Gasteiger partial charge in [0.1, 0.15) is 0 Å². The molecule has 0 saturated carbocycles. The molecule has 1 amide bonds. The number of rotatable bonds is 5. The van der Waals surface area contributed by atoms with Crippen LogP contribution in [0.25, 0.3) is 0 Å². The molecule has 3 rings (SSSR count). The van der Waals surface area contributed by atoms with E-state index in [-0.39, 0.29) is 5.91 Å². The smallest absolute Gasteiger partial charge is 0.224 e. The van der Waals surface area contributed by atoms with Crippen LogP contribution in [-0.4, -0.2) is 10.9 Å². The van der Waals surface area contributed by atoms with Crippen LogP contribution in [0.2, 0.25) is 0 Å². The van der Waals surface area contributed by atoms with Gasteiger partial charge in [-0.1, -0.05) is 19.1 Å². The van der Waals surface area contributed by atoms with Crippen molar-refractivity contribution >= 4 is 11.6 Å². The predicted molar refractivity (Wildman–Crippen MR) is 87.6 cm³/mol.